The van der Waals surface area contributed by atoms with Crippen molar-refractivity contribution in [3.05, 3.63) is 102 Å². The van der Waals surface area contributed by atoms with Gasteiger partial charge in [0.15, 0.2) is 0 Å². The van der Waals surface area contributed by atoms with Gasteiger partial charge in [-0.3, -0.25) is 10.1 Å². The number of anilines is 1. The minimum Gasteiger partial charge on any atom is -0.407 e. The van der Waals surface area contributed by atoms with Gasteiger partial charge in [0.05, 0.1) is 12.8 Å². The first-order chi connectivity index (χ1) is 13.8. The molecule has 0 aliphatic heterocycles. The Labute approximate surface area is 163 Å². The van der Waals surface area contributed by atoms with E-state index in [2.05, 4.69) is 27.6 Å². The number of carbonyl (C=O) groups is 1. The van der Waals surface area contributed by atoms with E-state index in [0.29, 0.717) is 12.3 Å². The monoisotopic (exact) mass is 369 g/mol. The highest BCUT2D eigenvalue weighted by molar-refractivity contribution is 5.90. The molecule has 0 fully saturated rings. The Kier molecular flexibility index (Phi) is 5.24. The summed E-state index contributed by atoms with van der Waals surface area (Å²) in [4.78, 5) is 12.3. The fourth-order valence-corrected chi connectivity index (χ4v) is 2.94. The molecule has 0 aliphatic rings. The molecule has 0 saturated carbocycles. The Morgan fingerprint density at radius 3 is 2.11 bits per heavy atom. The second kappa shape index (κ2) is 8.31. The van der Waals surface area contributed by atoms with Gasteiger partial charge in [-0.05, 0) is 22.3 Å². The van der Waals surface area contributed by atoms with E-state index < -0.39 is 0 Å². The molecule has 3 aromatic carbocycles. The maximum atomic E-state index is 12.3. The summed E-state index contributed by atoms with van der Waals surface area (Å²) in [6.07, 6.45) is 0.774. The van der Waals surface area contributed by atoms with Crippen LogP contribution in [0.15, 0.2) is 89.3 Å². The van der Waals surface area contributed by atoms with Crippen molar-refractivity contribution in [1.29, 1.82) is 0 Å². The second-order valence-electron chi connectivity index (χ2n) is 6.45. The molecule has 1 heterocycles. The van der Waals surface area contributed by atoms with Crippen LogP contribution in [0.5, 0.6) is 0 Å². The summed E-state index contributed by atoms with van der Waals surface area (Å²) >= 11 is 0. The Hall–Kier alpha value is -3.73. The quantitative estimate of drug-likeness (QED) is 0.543. The third kappa shape index (κ3) is 4.51. The van der Waals surface area contributed by atoms with Gasteiger partial charge in [-0.2, -0.15) is 0 Å². The molecule has 0 atom stereocenters. The molecule has 28 heavy (non-hydrogen) atoms. The lowest BCUT2D eigenvalue weighted by Crippen LogP contribution is -2.14. The van der Waals surface area contributed by atoms with Gasteiger partial charge in [0.1, 0.15) is 0 Å². The SMILES string of the molecule is O=C(Cc1ccc(-c2ccccc2)cc1)Nc1nnc(Cc2ccccc2)o1. The van der Waals surface area contributed by atoms with Gasteiger partial charge in [0.2, 0.25) is 11.8 Å². The zero-order valence-corrected chi connectivity index (χ0v) is 15.2. The standard InChI is InChI=1S/C23H19N3O2/c27-21(15-18-11-13-20(14-12-18)19-9-5-2-6-10-19)24-23-26-25-22(28-23)16-17-7-3-1-4-8-17/h1-14H,15-16H2,(H,24,26,27). The van der Waals surface area contributed by atoms with Crippen LogP contribution in [0.1, 0.15) is 17.0 Å². The molecule has 1 amide bonds. The first-order valence-corrected chi connectivity index (χ1v) is 9.07. The number of hydrogen-bond acceptors (Lipinski definition) is 4. The number of aromatic nitrogens is 2. The summed E-state index contributed by atoms with van der Waals surface area (Å²) < 4.78 is 5.52. The minimum atomic E-state index is -0.192. The maximum Gasteiger partial charge on any atom is 0.322 e. The number of carbonyl (C=O) groups excluding carboxylic acids is 1. The first-order valence-electron chi connectivity index (χ1n) is 9.07. The molecule has 4 rings (SSSR count). The van der Waals surface area contributed by atoms with Crippen LogP contribution < -0.4 is 5.32 Å². The molecule has 0 bridgehead atoms. The highest BCUT2D eigenvalue weighted by atomic mass is 16.4. The Bertz CT molecular complexity index is 1040. The van der Waals surface area contributed by atoms with Crippen molar-refractivity contribution in [3.8, 4) is 11.1 Å². The molecule has 5 heteroatoms. The van der Waals surface area contributed by atoms with E-state index in [1.165, 1.54) is 0 Å². The normalized spacial score (nSPS) is 10.6. The van der Waals surface area contributed by atoms with Crippen LogP contribution in [0.3, 0.4) is 0 Å². The smallest absolute Gasteiger partial charge is 0.322 e. The lowest BCUT2D eigenvalue weighted by molar-refractivity contribution is -0.115. The van der Waals surface area contributed by atoms with Crippen molar-refractivity contribution in [3.63, 3.8) is 0 Å². The van der Waals surface area contributed by atoms with E-state index in [1.807, 2.05) is 72.8 Å². The largest absolute Gasteiger partial charge is 0.407 e. The molecular formula is C23H19N3O2. The summed E-state index contributed by atoms with van der Waals surface area (Å²) in [5, 5.41) is 10.5. The van der Waals surface area contributed by atoms with Crippen LogP contribution in [0.25, 0.3) is 11.1 Å². The first kappa shape index (κ1) is 17.7. The van der Waals surface area contributed by atoms with Gasteiger partial charge in [-0.15, -0.1) is 5.10 Å². The van der Waals surface area contributed by atoms with E-state index in [-0.39, 0.29) is 18.3 Å². The zero-order chi connectivity index (χ0) is 19.2. The van der Waals surface area contributed by atoms with Crippen molar-refractivity contribution < 1.29 is 9.21 Å². The van der Waals surface area contributed by atoms with Crippen molar-refractivity contribution in [1.82, 2.24) is 10.2 Å². The fourth-order valence-electron chi connectivity index (χ4n) is 2.94. The van der Waals surface area contributed by atoms with Crippen LogP contribution in [-0.2, 0) is 17.6 Å². The van der Waals surface area contributed by atoms with Crippen LogP contribution in [0.2, 0.25) is 0 Å². The van der Waals surface area contributed by atoms with E-state index in [0.717, 1.165) is 22.3 Å². The number of benzene rings is 3. The average molecular weight is 369 g/mol. The molecule has 1 aromatic heterocycles. The van der Waals surface area contributed by atoms with Gasteiger partial charge in [-0.1, -0.05) is 90.0 Å². The Balaban J connectivity index is 1.34. The molecule has 0 spiro atoms. The van der Waals surface area contributed by atoms with Gasteiger partial charge >= 0.3 is 6.01 Å². The summed E-state index contributed by atoms with van der Waals surface area (Å²) in [5.74, 6) is 0.274. The number of hydrogen-bond donors (Lipinski definition) is 1. The highest BCUT2D eigenvalue weighted by Crippen LogP contribution is 2.19. The summed E-state index contributed by atoms with van der Waals surface area (Å²) in [6.45, 7) is 0. The lowest BCUT2D eigenvalue weighted by Gasteiger charge is -2.04. The average Bonchev–Trinajstić information content (AvgIpc) is 3.16. The Morgan fingerprint density at radius 1 is 0.750 bits per heavy atom. The summed E-state index contributed by atoms with van der Waals surface area (Å²) in [7, 11) is 0. The molecule has 0 aliphatic carbocycles. The summed E-state index contributed by atoms with van der Waals surface area (Å²) in [6, 6.07) is 28.0. The van der Waals surface area contributed by atoms with E-state index in [1.54, 1.807) is 0 Å². The predicted molar refractivity (Wildman–Crippen MR) is 108 cm³/mol. The van der Waals surface area contributed by atoms with Crippen LogP contribution in [-0.4, -0.2) is 16.1 Å². The maximum absolute atomic E-state index is 12.3. The summed E-state index contributed by atoms with van der Waals surface area (Å²) in [5.41, 5.74) is 4.26. The molecule has 1 N–H and O–H groups in total. The molecule has 0 saturated heterocycles. The minimum absolute atomic E-state index is 0.122. The van der Waals surface area contributed by atoms with Gasteiger partial charge in [0, 0.05) is 0 Å². The zero-order valence-electron chi connectivity index (χ0n) is 15.2. The molecular weight excluding hydrogens is 350 g/mol. The second-order valence-corrected chi connectivity index (χ2v) is 6.45. The number of rotatable bonds is 6. The van der Waals surface area contributed by atoms with Gasteiger partial charge in [0.25, 0.3) is 0 Å². The number of nitrogens with one attached hydrogen (secondary N) is 1. The van der Waals surface area contributed by atoms with Crippen molar-refractivity contribution in [2.24, 2.45) is 0 Å². The van der Waals surface area contributed by atoms with Crippen molar-refractivity contribution >= 4 is 11.9 Å². The van der Waals surface area contributed by atoms with E-state index in [4.69, 9.17) is 4.42 Å². The highest BCUT2D eigenvalue weighted by Gasteiger charge is 2.11. The van der Waals surface area contributed by atoms with Crippen molar-refractivity contribution in [2.45, 2.75) is 12.8 Å². The third-order valence-corrected chi connectivity index (χ3v) is 4.34. The molecule has 0 radical (unpaired) electrons. The fraction of sp³-hybridized carbons (Fsp3) is 0.0870. The topological polar surface area (TPSA) is 68.0 Å². The Morgan fingerprint density at radius 2 is 1.39 bits per heavy atom. The van der Waals surface area contributed by atoms with Crippen LogP contribution in [0, 0.1) is 0 Å². The van der Waals surface area contributed by atoms with Crippen molar-refractivity contribution in [2.75, 3.05) is 5.32 Å². The van der Waals surface area contributed by atoms with E-state index in [9.17, 15) is 4.79 Å². The molecule has 138 valence electrons. The van der Waals surface area contributed by atoms with E-state index >= 15 is 0 Å². The number of amides is 1. The van der Waals surface area contributed by atoms with Crippen LogP contribution in [0.4, 0.5) is 6.01 Å². The number of nitrogens with zero attached hydrogens (tertiary/aromatic N) is 2. The van der Waals surface area contributed by atoms with Gasteiger partial charge in [-0.25, -0.2) is 0 Å². The molecule has 5 nitrogen and oxygen atoms in total. The molecule has 0 unspecified atom stereocenters. The third-order valence-electron chi connectivity index (χ3n) is 4.34. The van der Waals surface area contributed by atoms with Gasteiger partial charge < -0.3 is 4.42 Å². The predicted octanol–water partition coefficient (Wildman–Crippen LogP) is 4.51. The van der Waals surface area contributed by atoms with Crippen LogP contribution >= 0.6 is 0 Å². The molecule has 4 aromatic rings. The lowest BCUT2D eigenvalue weighted by atomic mass is 10.0.